The normalized spacial score (nSPS) is 11.3. The van der Waals surface area contributed by atoms with Gasteiger partial charge in [0.05, 0.1) is 24.1 Å². The Morgan fingerprint density at radius 1 is 1.07 bits per heavy atom. The molecule has 0 radical (unpaired) electrons. The third kappa shape index (κ3) is 3.03. The molecule has 6 heteroatoms. The second kappa shape index (κ2) is 6.46. The minimum atomic E-state index is -0.335. The first kappa shape index (κ1) is 17.1. The summed E-state index contributed by atoms with van der Waals surface area (Å²) >= 11 is 0. The van der Waals surface area contributed by atoms with Gasteiger partial charge >= 0.3 is 0 Å². The van der Waals surface area contributed by atoms with E-state index in [-0.39, 0.29) is 17.9 Å². The van der Waals surface area contributed by atoms with E-state index in [1.807, 2.05) is 32.9 Å². The van der Waals surface area contributed by atoms with Crippen molar-refractivity contribution in [2.24, 2.45) is 0 Å². The second-order valence-electron chi connectivity index (χ2n) is 6.79. The topological polar surface area (TPSA) is 52.7 Å². The number of aryl methyl sites for hydroxylation is 3. The van der Waals surface area contributed by atoms with Gasteiger partial charge in [-0.3, -0.25) is 4.79 Å². The molecule has 0 saturated carbocycles. The Balaban J connectivity index is 1.91. The van der Waals surface area contributed by atoms with Gasteiger partial charge in [0.2, 0.25) is 0 Å². The second-order valence-corrected chi connectivity index (χ2v) is 6.79. The highest BCUT2D eigenvalue weighted by molar-refractivity contribution is 5.81. The molecule has 2 heterocycles. The smallest absolute Gasteiger partial charge is 0.265 e. The van der Waals surface area contributed by atoms with E-state index in [4.69, 9.17) is 0 Å². The number of halogens is 1. The highest BCUT2D eigenvalue weighted by Gasteiger charge is 2.16. The van der Waals surface area contributed by atoms with Crippen LogP contribution in [0.1, 0.15) is 22.4 Å². The predicted octanol–water partition coefficient (Wildman–Crippen LogP) is 3.69. The number of aromatic nitrogens is 4. The molecule has 0 aliphatic heterocycles. The lowest BCUT2D eigenvalue weighted by molar-refractivity contribution is 0.609. The first-order valence-electron chi connectivity index (χ1n) is 8.71. The summed E-state index contributed by atoms with van der Waals surface area (Å²) in [5.74, 6) is -0.335. The standard InChI is InChI=1S/C21H19FN4O/c1-13-7-8-19(14(2)9-13)26-20-18(11-23-26)15(3)24-25(21(20)27)12-16-5-4-6-17(22)10-16/h4-11H,12H2,1-3H3. The number of hydrogen-bond acceptors (Lipinski definition) is 3. The largest absolute Gasteiger partial charge is 0.293 e. The SMILES string of the molecule is Cc1ccc(-n2ncc3c(C)nn(Cc4cccc(F)c4)c(=O)c32)c(C)c1. The zero-order chi connectivity index (χ0) is 19.1. The van der Waals surface area contributed by atoms with E-state index in [1.165, 1.54) is 16.8 Å². The Kier molecular flexibility index (Phi) is 4.11. The summed E-state index contributed by atoms with van der Waals surface area (Å²) in [6.45, 7) is 6.07. The molecule has 0 atom stereocenters. The van der Waals surface area contributed by atoms with Crippen molar-refractivity contribution in [2.45, 2.75) is 27.3 Å². The monoisotopic (exact) mass is 362 g/mol. The summed E-state index contributed by atoms with van der Waals surface area (Å²) in [6, 6.07) is 12.2. The lowest BCUT2D eigenvalue weighted by atomic mass is 10.1. The molecule has 0 fully saturated rings. The van der Waals surface area contributed by atoms with Gasteiger partial charge in [0.1, 0.15) is 11.3 Å². The summed E-state index contributed by atoms with van der Waals surface area (Å²) in [5.41, 5.74) is 4.65. The number of benzene rings is 2. The van der Waals surface area contributed by atoms with Crippen LogP contribution in [0.5, 0.6) is 0 Å². The molecule has 0 N–H and O–H groups in total. The van der Waals surface area contributed by atoms with Gasteiger partial charge in [-0.2, -0.15) is 10.2 Å². The number of hydrogen-bond donors (Lipinski definition) is 0. The average Bonchev–Trinajstić information content (AvgIpc) is 3.05. The highest BCUT2D eigenvalue weighted by atomic mass is 19.1. The zero-order valence-corrected chi connectivity index (χ0v) is 15.4. The minimum Gasteiger partial charge on any atom is -0.265 e. The van der Waals surface area contributed by atoms with E-state index >= 15 is 0 Å². The van der Waals surface area contributed by atoms with Gasteiger partial charge in [-0.25, -0.2) is 13.8 Å². The van der Waals surface area contributed by atoms with E-state index < -0.39 is 0 Å². The average molecular weight is 362 g/mol. The molecule has 0 unspecified atom stereocenters. The fourth-order valence-corrected chi connectivity index (χ4v) is 3.36. The van der Waals surface area contributed by atoms with Crippen molar-refractivity contribution in [3.05, 3.63) is 87.2 Å². The maximum Gasteiger partial charge on any atom is 0.293 e. The Hall–Kier alpha value is -3.28. The van der Waals surface area contributed by atoms with E-state index in [0.717, 1.165) is 22.2 Å². The van der Waals surface area contributed by atoms with Crippen LogP contribution in [-0.4, -0.2) is 19.6 Å². The summed E-state index contributed by atoms with van der Waals surface area (Å²) in [5, 5.41) is 9.56. The van der Waals surface area contributed by atoms with Crippen molar-refractivity contribution < 1.29 is 4.39 Å². The molecule has 2 aromatic carbocycles. The molecule has 0 aliphatic carbocycles. The van der Waals surface area contributed by atoms with Crippen LogP contribution in [0.15, 0.2) is 53.5 Å². The Morgan fingerprint density at radius 3 is 2.63 bits per heavy atom. The molecule has 0 bridgehead atoms. The van der Waals surface area contributed by atoms with E-state index in [2.05, 4.69) is 16.3 Å². The fraction of sp³-hybridized carbons (Fsp3) is 0.190. The number of nitrogens with zero attached hydrogens (tertiary/aromatic N) is 4. The Labute approximate surface area is 155 Å². The van der Waals surface area contributed by atoms with Crippen molar-refractivity contribution in [2.75, 3.05) is 0 Å². The summed E-state index contributed by atoms with van der Waals surface area (Å²) < 4.78 is 16.5. The molecule has 4 rings (SSSR count). The molecule has 2 aromatic heterocycles. The Bertz CT molecular complexity index is 1220. The van der Waals surface area contributed by atoms with Crippen LogP contribution >= 0.6 is 0 Å². The fourth-order valence-electron chi connectivity index (χ4n) is 3.36. The zero-order valence-electron chi connectivity index (χ0n) is 15.4. The van der Waals surface area contributed by atoms with Crippen LogP contribution in [0, 0.1) is 26.6 Å². The van der Waals surface area contributed by atoms with Crippen molar-refractivity contribution in [1.82, 2.24) is 19.6 Å². The van der Waals surface area contributed by atoms with E-state index in [1.54, 1.807) is 23.0 Å². The predicted molar refractivity (Wildman–Crippen MR) is 103 cm³/mol. The lowest BCUT2D eigenvalue weighted by Crippen LogP contribution is -2.26. The van der Waals surface area contributed by atoms with Gasteiger partial charge < -0.3 is 0 Å². The van der Waals surface area contributed by atoms with Gasteiger partial charge in [0, 0.05) is 5.39 Å². The molecule has 27 heavy (non-hydrogen) atoms. The van der Waals surface area contributed by atoms with Gasteiger partial charge in [0.25, 0.3) is 5.56 Å². The van der Waals surface area contributed by atoms with Gasteiger partial charge in [-0.1, -0.05) is 29.8 Å². The van der Waals surface area contributed by atoms with Crippen LogP contribution in [0.4, 0.5) is 4.39 Å². The quantitative estimate of drug-likeness (QED) is 0.558. The van der Waals surface area contributed by atoms with Gasteiger partial charge in [0.15, 0.2) is 0 Å². The molecule has 5 nitrogen and oxygen atoms in total. The van der Waals surface area contributed by atoms with Crippen LogP contribution in [-0.2, 0) is 6.54 Å². The highest BCUT2D eigenvalue weighted by Crippen LogP contribution is 2.21. The summed E-state index contributed by atoms with van der Waals surface area (Å²) in [7, 11) is 0. The van der Waals surface area contributed by atoms with Crippen molar-refractivity contribution in [3.8, 4) is 5.69 Å². The molecular formula is C21H19FN4O. The van der Waals surface area contributed by atoms with Crippen LogP contribution in [0.3, 0.4) is 0 Å². The third-order valence-electron chi connectivity index (χ3n) is 4.67. The summed E-state index contributed by atoms with van der Waals surface area (Å²) in [4.78, 5) is 13.1. The minimum absolute atomic E-state index is 0.200. The molecule has 0 aliphatic rings. The van der Waals surface area contributed by atoms with Crippen LogP contribution in [0.2, 0.25) is 0 Å². The van der Waals surface area contributed by atoms with Gasteiger partial charge in [-0.15, -0.1) is 0 Å². The van der Waals surface area contributed by atoms with Gasteiger partial charge in [-0.05, 0) is 50.1 Å². The maximum absolute atomic E-state index is 13.5. The van der Waals surface area contributed by atoms with E-state index in [9.17, 15) is 9.18 Å². The molecule has 4 aromatic rings. The molecular weight excluding hydrogens is 343 g/mol. The summed E-state index contributed by atoms with van der Waals surface area (Å²) in [6.07, 6.45) is 1.67. The first-order chi connectivity index (χ1) is 12.9. The number of fused-ring (bicyclic) bond motifs is 1. The van der Waals surface area contributed by atoms with Crippen molar-refractivity contribution in [1.29, 1.82) is 0 Å². The molecule has 0 amide bonds. The third-order valence-corrected chi connectivity index (χ3v) is 4.67. The van der Waals surface area contributed by atoms with Crippen LogP contribution in [0.25, 0.3) is 16.6 Å². The Morgan fingerprint density at radius 2 is 1.89 bits per heavy atom. The van der Waals surface area contributed by atoms with Crippen LogP contribution < -0.4 is 5.56 Å². The molecule has 136 valence electrons. The van der Waals surface area contributed by atoms with E-state index in [0.29, 0.717) is 16.8 Å². The van der Waals surface area contributed by atoms with Crippen molar-refractivity contribution >= 4 is 10.9 Å². The first-order valence-corrected chi connectivity index (χ1v) is 8.71. The lowest BCUT2D eigenvalue weighted by Gasteiger charge is -2.11. The number of rotatable bonds is 3. The maximum atomic E-state index is 13.5. The molecule has 0 saturated heterocycles. The van der Waals surface area contributed by atoms with Crippen molar-refractivity contribution in [3.63, 3.8) is 0 Å². The molecule has 0 spiro atoms.